The number of rotatable bonds is 5. The van der Waals surface area contributed by atoms with E-state index in [1.165, 1.54) is 32.4 Å². The number of hydrogen-bond acceptors (Lipinski definition) is 3. The zero-order chi connectivity index (χ0) is 12.1. The highest BCUT2D eigenvalue weighted by molar-refractivity contribution is 5.76. The van der Waals surface area contributed by atoms with E-state index >= 15 is 0 Å². The first-order chi connectivity index (χ1) is 8.24. The lowest BCUT2D eigenvalue weighted by molar-refractivity contribution is -0.121. The van der Waals surface area contributed by atoms with E-state index in [-0.39, 0.29) is 5.91 Å². The lowest BCUT2D eigenvalue weighted by atomic mass is 10.0. The Labute approximate surface area is 104 Å². The van der Waals surface area contributed by atoms with Gasteiger partial charge in [-0.2, -0.15) is 0 Å². The first kappa shape index (κ1) is 12.8. The second kappa shape index (κ2) is 6.36. The van der Waals surface area contributed by atoms with Crippen molar-refractivity contribution in [3.05, 3.63) is 0 Å². The average molecular weight is 239 g/mol. The monoisotopic (exact) mass is 239 g/mol. The summed E-state index contributed by atoms with van der Waals surface area (Å²) in [4.78, 5) is 16.4. The van der Waals surface area contributed by atoms with Gasteiger partial charge in [-0.05, 0) is 33.0 Å². The highest BCUT2D eigenvalue weighted by Crippen LogP contribution is 2.11. The molecule has 2 fully saturated rings. The Hall–Kier alpha value is -0.610. The van der Waals surface area contributed by atoms with Gasteiger partial charge >= 0.3 is 0 Å². The van der Waals surface area contributed by atoms with Crippen LogP contribution in [-0.2, 0) is 4.79 Å². The summed E-state index contributed by atoms with van der Waals surface area (Å²) in [5.41, 5.74) is 0. The van der Waals surface area contributed by atoms with Gasteiger partial charge in [0.2, 0.25) is 5.91 Å². The summed E-state index contributed by atoms with van der Waals surface area (Å²) in [6.07, 6.45) is 4.63. The lowest BCUT2D eigenvalue weighted by Gasteiger charge is -2.36. The molecule has 1 amide bonds. The van der Waals surface area contributed by atoms with Crippen LogP contribution in [0.5, 0.6) is 0 Å². The fraction of sp³-hybridized carbons (Fsp3) is 0.923. The highest BCUT2D eigenvalue weighted by Gasteiger charge is 2.23. The molecule has 0 aromatic rings. The molecule has 0 spiro atoms. The van der Waals surface area contributed by atoms with E-state index in [1.54, 1.807) is 0 Å². The van der Waals surface area contributed by atoms with Crippen LogP contribution in [0.15, 0.2) is 0 Å². The van der Waals surface area contributed by atoms with Crippen LogP contribution in [0.2, 0.25) is 0 Å². The minimum atomic E-state index is 0.227. The predicted octanol–water partition coefficient (Wildman–Crippen LogP) is 0.540. The number of hydrogen-bond donors (Lipinski definition) is 1. The summed E-state index contributed by atoms with van der Waals surface area (Å²) in [6.45, 7) is 6.43. The molecule has 2 saturated heterocycles. The predicted molar refractivity (Wildman–Crippen MR) is 68.9 cm³/mol. The topological polar surface area (TPSA) is 35.6 Å². The van der Waals surface area contributed by atoms with Gasteiger partial charge in [-0.1, -0.05) is 6.42 Å². The zero-order valence-electron chi connectivity index (χ0n) is 11.0. The number of nitrogens with zero attached hydrogens (tertiary/aromatic N) is 2. The Kier molecular flexibility index (Phi) is 4.80. The second-order valence-corrected chi connectivity index (χ2v) is 5.54. The van der Waals surface area contributed by atoms with Crippen LogP contribution in [0.4, 0.5) is 0 Å². The molecule has 0 unspecified atom stereocenters. The molecule has 0 aromatic carbocycles. The van der Waals surface area contributed by atoms with Crippen molar-refractivity contribution < 1.29 is 4.79 Å². The molecule has 2 aliphatic rings. The quantitative estimate of drug-likeness (QED) is 0.760. The molecular weight excluding hydrogens is 214 g/mol. The second-order valence-electron chi connectivity index (χ2n) is 5.54. The van der Waals surface area contributed by atoms with Gasteiger partial charge in [-0.15, -0.1) is 0 Å². The molecule has 0 aliphatic carbocycles. The first-order valence-electron chi connectivity index (χ1n) is 6.91. The molecule has 4 nitrogen and oxygen atoms in total. The standard InChI is InChI=1S/C13H25N3O/c1-15-10-12(11-15)9-14-13(17)5-8-16-6-3-2-4-7-16/h12H,2-11H2,1H3,(H,14,17). The lowest BCUT2D eigenvalue weighted by Crippen LogP contribution is -2.49. The fourth-order valence-corrected chi connectivity index (χ4v) is 2.75. The van der Waals surface area contributed by atoms with Crippen molar-refractivity contribution in [1.82, 2.24) is 15.1 Å². The van der Waals surface area contributed by atoms with Crippen molar-refractivity contribution >= 4 is 5.91 Å². The van der Waals surface area contributed by atoms with Crippen LogP contribution >= 0.6 is 0 Å². The van der Waals surface area contributed by atoms with Gasteiger partial charge in [0, 0.05) is 38.5 Å². The van der Waals surface area contributed by atoms with E-state index in [2.05, 4.69) is 22.2 Å². The maximum absolute atomic E-state index is 11.7. The van der Waals surface area contributed by atoms with Crippen LogP contribution in [0.25, 0.3) is 0 Å². The fourth-order valence-electron chi connectivity index (χ4n) is 2.75. The molecule has 4 heteroatoms. The Morgan fingerprint density at radius 1 is 1.24 bits per heavy atom. The number of carbonyl (C=O) groups excluding carboxylic acids is 1. The minimum Gasteiger partial charge on any atom is -0.356 e. The molecule has 0 radical (unpaired) electrons. The molecule has 0 atom stereocenters. The van der Waals surface area contributed by atoms with Crippen molar-refractivity contribution in [2.45, 2.75) is 25.7 Å². The maximum atomic E-state index is 11.7. The number of likely N-dealkylation sites (tertiary alicyclic amines) is 2. The summed E-state index contributed by atoms with van der Waals surface area (Å²) < 4.78 is 0. The van der Waals surface area contributed by atoms with Crippen LogP contribution in [-0.4, -0.2) is 62.0 Å². The molecule has 98 valence electrons. The van der Waals surface area contributed by atoms with Gasteiger partial charge in [0.25, 0.3) is 0 Å². The average Bonchev–Trinajstić information content (AvgIpc) is 2.32. The van der Waals surface area contributed by atoms with Gasteiger partial charge in [0.1, 0.15) is 0 Å². The molecule has 2 heterocycles. The number of amides is 1. The van der Waals surface area contributed by atoms with Gasteiger partial charge in [-0.3, -0.25) is 4.79 Å². The summed E-state index contributed by atoms with van der Waals surface area (Å²) in [5.74, 6) is 0.907. The van der Waals surface area contributed by atoms with Crippen molar-refractivity contribution in [3.63, 3.8) is 0 Å². The van der Waals surface area contributed by atoms with Crippen molar-refractivity contribution in [2.75, 3.05) is 46.3 Å². The van der Waals surface area contributed by atoms with Gasteiger partial charge in [0.15, 0.2) is 0 Å². The molecule has 1 N–H and O–H groups in total. The molecule has 2 rings (SSSR count). The highest BCUT2D eigenvalue weighted by atomic mass is 16.1. The van der Waals surface area contributed by atoms with Gasteiger partial charge < -0.3 is 15.1 Å². The summed E-state index contributed by atoms with van der Waals surface area (Å²) in [7, 11) is 2.12. The van der Waals surface area contributed by atoms with Gasteiger partial charge in [0.05, 0.1) is 0 Å². The molecule has 0 bridgehead atoms. The smallest absolute Gasteiger partial charge is 0.221 e. The van der Waals surface area contributed by atoms with Gasteiger partial charge in [-0.25, -0.2) is 0 Å². The van der Waals surface area contributed by atoms with Crippen molar-refractivity contribution in [2.24, 2.45) is 5.92 Å². The molecule has 0 saturated carbocycles. The van der Waals surface area contributed by atoms with Crippen LogP contribution < -0.4 is 5.32 Å². The van der Waals surface area contributed by atoms with Crippen LogP contribution in [0.1, 0.15) is 25.7 Å². The first-order valence-corrected chi connectivity index (χ1v) is 6.91. The van der Waals surface area contributed by atoms with Crippen LogP contribution in [0, 0.1) is 5.92 Å². The third kappa shape index (κ3) is 4.28. The molecular formula is C13H25N3O. The summed E-state index contributed by atoms with van der Waals surface area (Å²) >= 11 is 0. The van der Waals surface area contributed by atoms with E-state index in [1.807, 2.05) is 0 Å². The SMILES string of the molecule is CN1CC(CNC(=O)CCN2CCCCC2)C1. The molecule has 17 heavy (non-hydrogen) atoms. The Morgan fingerprint density at radius 2 is 1.94 bits per heavy atom. The van der Waals surface area contributed by atoms with E-state index in [9.17, 15) is 4.79 Å². The maximum Gasteiger partial charge on any atom is 0.221 e. The molecule has 0 aromatic heterocycles. The zero-order valence-corrected chi connectivity index (χ0v) is 11.0. The Bertz CT molecular complexity index is 245. The van der Waals surface area contributed by atoms with Crippen molar-refractivity contribution in [3.8, 4) is 0 Å². The number of piperidine rings is 1. The Balaban J connectivity index is 1.51. The summed E-state index contributed by atoms with van der Waals surface area (Å²) in [5, 5.41) is 3.05. The summed E-state index contributed by atoms with van der Waals surface area (Å²) in [6, 6.07) is 0. The van der Waals surface area contributed by atoms with E-state index < -0.39 is 0 Å². The van der Waals surface area contributed by atoms with E-state index in [0.717, 1.165) is 26.2 Å². The largest absolute Gasteiger partial charge is 0.356 e. The van der Waals surface area contributed by atoms with E-state index in [0.29, 0.717) is 12.3 Å². The number of carbonyl (C=O) groups is 1. The Morgan fingerprint density at radius 3 is 2.59 bits per heavy atom. The normalized spacial score (nSPS) is 23.4. The number of nitrogens with one attached hydrogen (secondary N) is 1. The van der Waals surface area contributed by atoms with E-state index in [4.69, 9.17) is 0 Å². The molecule has 2 aliphatic heterocycles. The third-order valence-corrected chi connectivity index (χ3v) is 3.83. The third-order valence-electron chi connectivity index (χ3n) is 3.83. The minimum absolute atomic E-state index is 0.227. The van der Waals surface area contributed by atoms with Crippen LogP contribution in [0.3, 0.4) is 0 Å². The van der Waals surface area contributed by atoms with Crippen molar-refractivity contribution in [1.29, 1.82) is 0 Å².